The molecular weight excluding hydrogens is 504 g/mol. The molecule has 2 fully saturated rings. The number of nitrogens with one attached hydrogen (secondary N) is 1. The zero-order valence-electron chi connectivity index (χ0n) is 19.6. The third-order valence-corrected chi connectivity index (χ3v) is 8.22. The Labute approximate surface area is 212 Å². The number of piperidine rings is 1. The monoisotopic (exact) mass is 530 g/mol. The van der Waals surface area contributed by atoms with E-state index >= 15 is 0 Å². The van der Waals surface area contributed by atoms with Crippen LogP contribution < -0.4 is 5.32 Å². The minimum atomic E-state index is -0.0735. The summed E-state index contributed by atoms with van der Waals surface area (Å²) < 4.78 is 6.89. The third kappa shape index (κ3) is 4.04. The van der Waals surface area contributed by atoms with Crippen molar-refractivity contribution in [2.45, 2.75) is 26.2 Å². The first-order valence-corrected chi connectivity index (χ1v) is 13.0. The van der Waals surface area contributed by atoms with E-state index in [9.17, 15) is 9.59 Å². The lowest BCUT2D eigenvalue weighted by atomic mass is 9.68. The van der Waals surface area contributed by atoms with Crippen molar-refractivity contribution in [3.05, 3.63) is 76.3 Å². The van der Waals surface area contributed by atoms with Crippen LogP contribution in [-0.2, 0) is 4.79 Å². The number of furan rings is 1. The molecule has 5 nitrogen and oxygen atoms in total. The number of fused-ring (bicyclic) bond motifs is 5. The van der Waals surface area contributed by atoms with Crippen molar-refractivity contribution in [3.8, 4) is 0 Å². The summed E-state index contributed by atoms with van der Waals surface area (Å²) in [5.74, 6) is 0.429. The summed E-state index contributed by atoms with van der Waals surface area (Å²) in [6.07, 6.45) is 3.07. The number of hydrogen-bond acceptors (Lipinski definition) is 3. The van der Waals surface area contributed by atoms with Gasteiger partial charge in [-0.15, -0.1) is 0 Å². The molecule has 2 aliphatic rings. The molecule has 0 radical (unpaired) electrons. The second kappa shape index (κ2) is 8.83. The maximum Gasteiger partial charge on any atom is 0.254 e. The van der Waals surface area contributed by atoms with Crippen molar-refractivity contribution in [2.24, 2.45) is 17.8 Å². The largest absolute Gasteiger partial charge is 0.456 e. The fourth-order valence-corrected chi connectivity index (χ4v) is 6.57. The van der Waals surface area contributed by atoms with Crippen molar-refractivity contribution in [3.63, 3.8) is 0 Å². The lowest BCUT2D eigenvalue weighted by Gasteiger charge is -2.46. The summed E-state index contributed by atoms with van der Waals surface area (Å²) in [6, 6.07) is 19.6. The van der Waals surface area contributed by atoms with Gasteiger partial charge in [0.15, 0.2) is 0 Å². The van der Waals surface area contributed by atoms with Crippen LogP contribution in [0.2, 0.25) is 0 Å². The lowest BCUT2D eigenvalue weighted by molar-refractivity contribution is -0.127. The Bertz CT molecular complexity index is 1450. The smallest absolute Gasteiger partial charge is 0.254 e. The Balaban J connectivity index is 1.21. The van der Waals surface area contributed by atoms with Gasteiger partial charge in [0.2, 0.25) is 5.91 Å². The molecule has 1 saturated heterocycles. The molecule has 6 rings (SSSR count). The minimum absolute atomic E-state index is 0.0683. The van der Waals surface area contributed by atoms with Crippen LogP contribution in [0, 0.1) is 24.7 Å². The summed E-state index contributed by atoms with van der Waals surface area (Å²) in [7, 11) is 0. The molecule has 6 heteroatoms. The molecule has 3 aromatic carbocycles. The van der Waals surface area contributed by atoms with Crippen LogP contribution in [0.5, 0.6) is 0 Å². The molecule has 2 heterocycles. The highest BCUT2D eigenvalue weighted by Crippen LogP contribution is 2.41. The average molecular weight is 531 g/mol. The highest BCUT2D eigenvalue weighted by Gasteiger charge is 2.44. The van der Waals surface area contributed by atoms with E-state index in [-0.39, 0.29) is 29.6 Å². The van der Waals surface area contributed by atoms with Crippen LogP contribution >= 0.6 is 15.9 Å². The Morgan fingerprint density at radius 3 is 2.46 bits per heavy atom. The molecule has 2 bridgehead atoms. The van der Waals surface area contributed by atoms with E-state index in [1.165, 1.54) is 0 Å². The lowest BCUT2D eigenvalue weighted by Crippen LogP contribution is -2.54. The second-order valence-electron chi connectivity index (χ2n) is 9.94. The summed E-state index contributed by atoms with van der Waals surface area (Å²) in [4.78, 5) is 28.8. The van der Waals surface area contributed by atoms with Crippen molar-refractivity contribution in [2.75, 3.05) is 18.4 Å². The number of amides is 2. The van der Waals surface area contributed by atoms with E-state index in [0.717, 1.165) is 62.5 Å². The maximum atomic E-state index is 13.5. The molecule has 1 saturated carbocycles. The minimum Gasteiger partial charge on any atom is -0.456 e. The first-order chi connectivity index (χ1) is 17.0. The van der Waals surface area contributed by atoms with E-state index in [0.29, 0.717) is 13.1 Å². The Kier molecular flexibility index (Phi) is 5.64. The van der Waals surface area contributed by atoms with Crippen LogP contribution in [-0.4, -0.2) is 29.8 Å². The van der Waals surface area contributed by atoms with Crippen LogP contribution in [0.15, 0.2) is 69.6 Å². The van der Waals surface area contributed by atoms with Crippen molar-refractivity contribution in [1.82, 2.24) is 4.90 Å². The van der Waals surface area contributed by atoms with Gasteiger partial charge >= 0.3 is 0 Å². The maximum absolute atomic E-state index is 13.5. The zero-order chi connectivity index (χ0) is 24.1. The van der Waals surface area contributed by atoms with E-state index in [1.807, 2.05) is 72.5 Å². The number of anilines is 1. The summed E-state index contributed by atoms with van der Waals surface area (Å²) in [5.41, 5.74) is 4.16. The summed E-state index contributed by atoms with van der Waals surface area (Å²) in [5, 5.41) is 5.24. The number of halogens is 1. The first kappa shape index (κ1) is 22.4. The van der Waals surface area contributed by atoms with Gasteiger partial charge in [0.25, 0.3) is 5.91 Å². The molecule has 2 amide bonds. The van der Waals surface area contributed by atoms with E-state index in [2.05, 4.69) is 21.2 Å². The quantitative estimate of drug-likeness (QED) is 0.317. The van der Waals surface area contributed by atoms with Gasteiger partial charge in [0, 0.05) is 45.5 Å². The van der Waals surface area contributed by atoms with E-state index in [4.69, 9.17) is 4.42 Å². The van der Waals surface area contributed by atoms with Crippen LogP contribution in [0.3, 0.4) is 0 Å². The van der Waals surface area contributed by atoms with Crippen molar-refractivity contribution >= 4 is 55.4 Å². The number of aryl methyl sites for hydroxylation is 1. The normalized spacial score (nSPS) is 21.9. The van der Waals surface area contributed by atoms with Crippen molar-refractivity contribution in [1.29, 1.82) is 0 Å². The number of likely N-dealkylation sites (tertiary alicyclic amines) is 1. The average Bonchev–Trinajstić information content (AvgIpc) is 3.21. The van der Waals surface area contributed by atoms with Gasteiger partial charge in [-0.05, 0) is 79.6 Å². The molecule has 35 heavy (non-hydrogen) atoms. The van der Waals surface area contributed by atoms with Gasteiger partial charge in [0.1, 0.15) is 11.2 Å². The van der Waals surface area contributed by atoms with Crippen LogP contribution in [0.25, 0.3) is 21.9 Å². The number of hydrogen-bond donors (Lipinski definition) is 1. The van der Waals surface area contributed by atoms with Gasteiger partial charge < -0.3 is 14.6 Å². The number of rotatable bonds is 3. The van der Waals surface area contributed by atoms with Crippen LogP contribution in [0.4, 0.5) is 5.69 Å². The molecule has 2 atom stereocenters. The van der Waals surface area contributed by atoms with Gasteiger partial charge in [-0.3, -0.25) is 9.59 Å². The van der Waals surface area contributed by atoms with Crippen LogP contribution in [0.1, 0.15) is 35.2 Å². The van der Waals surface area contributed by atoms with Crippen molar-refractivity contribution < 1.29 is 14.0 Å². The fraction of sp³-hybridized carbons (Fsp3) is 0.310. The predicted octanol–water partition coefficient (Wildman–Crippen LogP) is 6.78. The van der Waals surface area contributed by atoms with Gasteiger partial charge in [-0.2, -0.15) is 0 Å². The highest BCUT2D eigenvalue weighted by atomic mass is 79.9. The SMILES string of the molecule is Cc1cc(Br)ccc1C(=O)N1CC2CCCC(C1)C2C(=O)Nc1ccc2oc3ccccc3c2c1. The molecule has 1 N–H and O–H groups in total. The Morgan fingerprint density at radius 2 is 1.69 bits per heavy atom. The highest BCUT2D eigenvalue weighted by molar-refractivity contribution is 9.10. The summed E-state index contributed by atoms with van der Waals surface area (Å²) in [6.45, 7) is 3.24. The Hall–Kier alpha value is -3.12. The van der Waals surface area contributed by atoms with Gasteiger partial charge in [-0.25, -0.2) is 0 Å². The fourth-order valence-electron chi connectivity index (χ4n) is 6.10. The molecule has 1 aliphatic carbocycles. The van der Waals surface area contributed by atoms with Gasteiger partial charge in [-0.1, -0.05) is 40.5 Å². The number of benzene rings is 3. The molecule has 178 valence electrons. The molecule has 4 aromatic rings. The topological polar surface area (TPSA) is 62.6 Å². The third-order valence-electron chi connectivity index (χ3n) is 7.73. The van der Waals surface area contributed by atoms with E-state index < -0.39 is 0 Å². The molecule has 2 unspecified atom stereocenters. The molecule has 1 aliphatic heterocycles. The number of para-hydroxylation sites is 1. The molecule has 1 aromatic heterocycles. The first-order valence-electron chi connectivity index (χ1n) is 12.3. The number of nitrogens with zero attached hydrogens (tertiary/aromatic N) is 1. The van der Waals surface area contributed by atoms with E-state index in [1.54, 1.807) is 0 Å². The second-order valence-corrected chi connectivity index (χ2v) is 10.9. The van der Waals surface area contributed by atoms with Gasteiger partial charge in [0.05, 0.1) is 0 Å². The standard InChI is InChI=1S/C29H27BrN2O3/c1-17-13-20(30)9-11-22(17)29(34)32-15-18-5-4-6-19(16-32)27(18)28(33)31-21-10-12-26-24(14-21)23-7-2-3-8-25(23)35-26/h2-3,7-14,18-19,27H,4-6,15-16H2,1H3,(H,31,33). The Morgan fingerprint density at radius 1 is 0.943 bits per heavy atom. The summed E-state index contributed by atoms with van der Waals surface area (Å²) >= 11 is 3.48. The number of carbonyl (C=O) groups is 2. The molecule has 0 spiro atoms. The molecular formula is C29H27BrN2O3. The predicted molar refractivity (Wildman–Crippen MR) is 141 cm³/mol. The zero-order valence-corrected chi connectivity index (χ0v) is 21.2. The number of carbonyl (C=O) groups excluding carboxylic acids is 2.